The Hall–Kier alpha value is -0.0800. The number of nitrogens with one attached hydrogen (secondary N) is 1. The van der Waals surface area contributed by atoms with E-state index in [-0.39, 0.29) is 0 Å². The first-order valence-corrected chi connectivity index (χ1v) is 5.38. The van der Waals surface area contributed by atoms with Crippen LogP contribution in [0.5, 0.6) is 0 Å². The molecule has 1 saturated carbocycles. The van der Waals surface area contributed by atoms with E-state index >= 15 is 0 Å². The molecule has 1 rings (SSSR count). The van der Waals surface area contributed by atoms with Gasteiger partial charge in [0, 0.05) is 19.1 Å². The van der Waals surface area contributed by atoms with E-state index < -0.39 is 0 Å². The van der Waals surface area contributed by atoms with E-state index in [2.05, 4.69) is 38.2 Å². The monoisotopic (exact) mass is 184 g/mol. The van der Waals surface area contributed by atoms with Gasteiger partial charge in [0.05, 0.1) is 0 Å². The van der Waals surface area contributed by atoms with Gasteiger partial charge in [0.25, 0.3) is 0 Å². The van der Waals surface area contributed by atoms with Gasteiger partial charge in [0.1, 0.15) is 0 Å². The molecule has 0 aromatic heterocycles. The fraction of sp³-hybridized carbons (Fsp3) is 1.00. The summed E-state index contributed by atoms with van der Waals surface area (Å²) in [5.41, 5.74) is 0.579. The summed E-state index contributed by atoms with van der Waals surface area (Å²) in [5, 5.41) is 3.63. The zero-order valence-electron chi connectivity index (χ0n) is 9.56. The van der Waals surface area contributed by atoms with Gasteiger partial charge in [-0.3, -0.25) is 0 Å². The number of nitrogens with zero attached hydrogens (tertiary/aromatic N) is 1. The molecule has 0 spiro atoms. The normalized spacial score (nSPS) is 27.0. The minimum atomic E-state index is 0.579. The molecule has 78 valence electrons. The topological polar surface area (TPSA) is 15.3 Å². The lowest BCUT2D eigenvalue weighted by atomic mass is 9.92. The molecule has 0 aromatic carbocycles. The molecule has 2 nitrogen and oxygen atoms in total. The molecule has 0 aromatic rings. The van der Waals surface area contributed by atoms with Crippen LogP contribution in [0.1, 0.15) is 33.1 Å². The van der Waals surface area contributed by atoms with Gasteiger partial charge in [0.15, 0.2) is 0 Å². The maximum atomic E-state index is 3.63. The molecule has 1 atom stereocenters. The van der Waals surface area contributed by atoms with Crippen molar-refractivity contribution in [2.24, 2.45) is 5.41 Å². The van der Waals surface area contributed by atoms with Crippen LogP contribution in [0.3, 0.4) is 0 Å². The Morgan fingerprint density at radius 2 is 2.08 bits per heavy atom. The summed E-state index contributed by atoms with van der Waals surface area (Å²) < 4.78 is 0. The van der Waals surface area contributed by atoms with Crippen LogP contribution in [-0.4, -0.2) is 38.1 Å². The quantitative estimate of drug-likeness (QED) is 0.715. The van der Waals surface area contributed by atoms with Crippen molar-refractivity contribution >= 4 is 0 Å². The number of hydrogen-bond acceptors (Lipinski definition) is 2. The van der Waals surface area contributed by atoms with E-state index in [1.54, 1.807) is 0 Å². The summed E-state index contributed by atoms with van der Waals surface area (Å²) in [6.45, 7) is 7.03. The summed E-state index contributed by atoms with van der Waals surface area (Å²) in [6, 6.07) is 0.773. The predicted molar refractivity (Wildman–Crippen MR) is 58.0 cm³/mol. The standard InChI is InChI=1S/C11H24N2/c1-11(2)6-5-10(9-11)12-7-8-13(3)4/h10,12H,5-9H2,1-4H3. The Labute approximate surface area is 82.7 Å². The molecule has 1 aliphatic rings. The van der Waals surface area contributed by atoms with Crippen LogP contribution in [0.4, 0.5) is 0 Å². The van der Waals surface area contributed by atoms with Gasteiger partial charge < -0.3 is 10.2 Å². The smallest absolute Gasteiger partial charge is 0.0101 e. The second-order valence-electron chi connectivity index (χ2n) is 5.36. The summed E-state index contributed by atoms with van der Waals surface area (Å²) in [5.74, 6) is 0. The van der Waals surface area contributed by atoms with E-state index in [4.69, 9.17) is 0 Å². The van der Waals surface area contributed by atoms with Gasteiger partial charge in [-0.05, 0) is 38.8 Å². The lowest BCUT2D eigenvalue weighted by molar-refractivity contribution is 0.351. The Bertz CT molecular complexity index is 152. The first-order valence-electron chi connectivity index (χ1n) is 5.38. The van der Waals surface area contributed by atoms with Crippen molar-refractivity contribution in [2.45, 2.75) is 39.2 Å². The highest BCUT2D eigenvalue weighted by Crippen LogP contribution is 2.36. The number of hydrogen-bond donors (Lipinski definition) is 1. The highest BCUT2D eigenvalue weighted by molar-refractivity contribution is 4.86. The molecule has 1 fully saturated rings. The molecule has 0 radical (unpaired) electrons. The van der Waals surface area contributed by atoms with Crippen LogP contribution in [0.25, 0.3) is 0 Å². The van der Waals surface area contributed by atoms with Crippen molar-refractivity contribution in [1.82, 2.24) is 10.2 Å². The van der Waals surface area contributed by atoms with Crippen molar-refractivity contribution in [3.63, 3.8) is 0 Å². The lowest BCUT2D eigenvalue weighted by Gasteiger charge is -2.18. The zero-order valence-corrected chi connectivity index (χ0v) is 9.56. The minimum absolute atomic E-state index is 0.579. The lowest BCUT2D eigenvalue weighted by Crippen LogP contribution is -2.33. The molecule has 1 N–H and O–H groups in total. The molecule has 0 saturated heterocycles. The second-order valence-corrected chi connectivity index (χ2v) is 5.36. The molecular weight excluding hydrogens is 160 g/mol. The molecule has 13 heavy (non-hydrogen) atoms. The van der Waals surface area contributed by atoms with Crippen molar-refractivity contribution in [1.29, 1.82) is 0 Å². The average molecular weight is 184 g/mol. The van der Waals surface area contributed by atoms with Gasteiger partial charge in [0.2, 0.25) is 0 Å². The van der Waals surface area contributed by atoms with E-state index in [0.717, 1.165) is 19.1 Å². The van der Waals surface area contributed by atoms with Crippen molar-refractivity contribution < 1.29 is 0 Å². The first kappa shape index (κ1) is 11.0. The highest BCUT2D eigenvalue weighted by Gasteiger charge is 2.30. The molecule has 0 bridgehead atoms. The molecule has 0 aliphatic heterocycles. The molecular formula is C11H24N2. The first-order chi connectivity index (χ1) is 5.99. The minimum Gasteiger partial charge on any atom is -0.313 e. The van der Waals surface area contributed by atoms with Gasteiger partial charge in [-0.25, -0.2) is 0 Å². The van der Waals surface area contributed by atoms with Gasteiger partial charge in [-0.15, -0.1) is 0 Å². The van der Waals surface area contributed by atoms with Crippen LogP contribution < -0.4 is 5.32 Å². The molecule has 2 heteroatoms. The average Bonchev–Trinajstić information content (AvgIpc) is 2.29. The van der Waals surface area contributed by atoms with E-state index in [1.165, 1.54) is 19.3 Å². The zero-order chi connectivity index (χ0) is 9.90. The maximum absolute atomic E-state index is 3.63. The van der Waals surface area contributed by atoms with Gasteiger partial charge >= 0.3 is 0 Å². The van der Waals surface area contributed by atoms with Gasteiger partial charge in [-0.1, -0.05) is 13.8 Å². The van der Waals surface area contributed by atoms with Crippen LogP contribution in [0, 0.1) is 5.41 Å². The Kier molecular flexibility index (Phi) is 3.74. The number of rotatable bonds is 4. The largest absolute Gasteiger partial charge is 0.313 e. The van der Waals surface area contributed by atoms with E-state index in [1.807, 2.05) is 0 Å². The summed E-state index contributed by atoms with van der Waals surface area (Å²) >= 11 is 0. The molecule has 0 amide bonds. The predicted octanol–water partition coefficient (Wildman–Crippen LogP) is 1.72. The van der Waals surface area contributed by atoms with Gasteiger partial charge in [-0.2, -0.15) is 0 Å². The van der Waals surface area contributed by atoms with E-state index in [9.17, 15) is 0 Å². The third-order valence-electron chi connectivity index (χ3n) is 2.96. The second kappa shape index (κ2) is 4.43. The van der Waals surface area contributed by atoms with Crippen LogP contribution in [0.15, 0.2) is 0 Å². The summed E-state index contributed by atoms with van der Waals surface area (Å²) in [6.07, 6.45) is 4.09. The molecule has 0 heterocycles. The van der Waals surface area contributed by atoms with Crippen LogP contribution in [0.2, 0.25) is 0 Å². The highest BCUT2D eigenvalue weighted by atomic mass is 15.1. The molecule has 1 aliphatic carbocycles. The fourth-order valence-electron chi connectivity index (χ4n) is 2.10. The van der Waals surface area contributed by atoms with Crippen LogP contribution in [-0.2, 0) is 0 Å². The third kappa shape index (κ3) is 4.10. The van der Waals surface area contributed by atoms with Crippen molar-refractivity contribution in [3.05, 3.63) is 0 Å². The van der Waals surface area contributed by atoms with Crippen molar-refractivity contribution in [2.75, 3.05) is 27.2 Å². The Morgan fingerprint density at radius 1 is 1.38 bits per heavy atom. The summed E-state index contributed by atoms with van der Waals surface area (Å²) in [7, 11) is 4.25. The van der Waals surface area contributed by atoms with E-state index in [0.29, 0.717) is 5.41 Å². The third-order valence-corrected chi connectivity index (χ3v) is 2.96. The fourth-order valence-corrected chi connectivity index (χ4v) is 2.10. The number of likely N-dealkylation sites (N-methyl/N-ethyl adjacent to an activating group) is 1. The molecule has 1 unspecified atom stereocenters. The van der Waals surface area contributed by atoms with Crippen LogP contribution >= 0.6 is 0 Å². The Morgan fingerprint density at radius 3 is 2.54 bits per heavy atom. The summed E-state index contributed by atoms with van der Waals surface area (Å²) in [4.78, 5) is 2.23. The van der Waals surface area contributed by atoms with Crippen molar-refractivity contribution in [3.8, 4) is 0 Å². The Balaban J connectivity index is 2.11. The maximum Gasteiger partial charge on any atom is 0.0101 e. The SMILES string of the molecule is CN(C)CCNC1CCC(C)(C)C1.